The van der Waals surface area contributed by atoms with Crippen LogP contribution < -0.4 is 5.32 Å². The van der Waals surface area contributed by atoms with Gasteiger partial charge < -0.3 is 9.72 Å². The van der Waals surface area contributed by atoms with E-state index in [2.05, 4.69) is 10.3 Å². The van der Waals surface area contributed by atoms with E-state index in [9.17, 15) is 18.0 Å². The van der Waals surface area contributed by atoms with Crippen molar-refractivity contribution in [3.63, 3.8) is 0 Å². The van der Waals surface area contributed by atoms with Gasteiger partial charge in [0.15, 0.2) is 0 Å². The molecule has 0 fully saturated rings. The first-order valence-electron chi connectivity index (χ1n) is 6.77. The number of hydrogen-bond acceptors (Lipinski definition) is 2. The van der Waals surface area contributed by atoms with E-state index in [0.29, 0.717) is 5.65 Å². The maximum atomic E-state index is 12.9. The zero-order valence-electron chi connectivity index (χ0n) is 12.1. The molecule has 1 N–H and O–H groups in total. The van der Waals surface area contributed by atoms with Gasteiger partial charge in [-0.25, -0.2) is 4.98 Å². The van der Waals surface area contributed by atoms with Crippen LogP contribution in [0, 0.1) is 6.92 Å². The van der Waals surface area contributed by atoms with Crippen molar-refractivity contribution in [2.24, 2.45) is 0 Å². The maximum absolute atomic E-state index is 12.9. The van der Waals surface area contributed by atoms with Crippen molar-refractivity contribution in [1.29, 1.82) is 0 Å². The zero-order valence-corrected chi connectivity index (χ0v) is 12.1. The molecule has 0 spiro atoms. The highest BCUT2D eigenvalue weighted by Crippen LogP contribution is 2.34. The first-order valence-corrected chi connectivity index (χ1v) is 6.77. The van der Waals surface area contributed by atoms with Crippen molar-refractivity contribution in [3.8, 4) is 0 Å². The fourth-order valence-corrected chi connectivity index (χ4v) is 2.28. The van der Waals surface area contributed by atoms with Crippen molar-refractivity contribution in [2.45, 2.75) is 13.1 Å². The van der Waals surface area contributed by atoms with Gasteiger partial charge in [0.1, 0.15) is 5.65 Å². The van der Waals surface area contributed by atoms with Crippen LogP contribution >= 0.6 is 0 Å². The lowest BCUT2D eigenvalue weighted by Crippen LogP contribution is -2.16. The van der Waals surface area contributed by atoms with Crippen molar-refractivity contribution < 1.29 is 18.0 Å². The summed E-state index contributed by atoms with van der Waals surface area (Å²) in [7, 11) is 0. The Morgan fingerprint density at radius 2 is 1.96 bits per heavy atom. The fourth-order valence-electron chi connectivity index (χ4n) is 2.28. The Balaban J connectivity index is 1.92. The number of imidazole rings is 1. The van der Waals surface area contributed by atoms with Gasteiger partial charge in [-0.15, -0.1) is 0 Å². The number of carbonyl (C=O) groups excluding carboxylic acids is 1. The standard InChI is InChI=1S/C16H12F3N3O/c1-10-9-22-7-6-11(8-14(22)20-10)15(23)21-13-5-3-2-4-12(13)16(17,18)19/h2-9H,1H3,(H,21,23). The first kappa shape index (κ1) is 15.1. The molecular weight excluding hydrogens is 307 g/mol. The van der Waals surface area contributed by atoms with Gasteiger partial charge in [0.25, 0.3) is 5.91 Å². The van der Waals surface area contributed by atoms with Crippen molar-refractivity contribution >= 4 is 17.2 Å². The molecule has 0 saturated carbocycles. The third-order valence-corrected chi connectivity index (χ3v) is 3.32. The topological polar surface area (TPSA) is 46.4 Å². The number of para-hydroxylation sites is 1. The van der Waals surface area contributed by atoms with Crippen molar-refractivity contribution in [3.05, 3.63) is 65.6 Å². The number of halogens is 3. The molecule has 0 aliphatic rings. The minimum atomic E-state index is -4.53. The van der Waals surface area contributed by atoms with E-state index in [1.54, 1.807) is 16.8 Å². The SMILES string of the molecule is Cc1cn2ccc(C(=O)Nc3ccccc3C(F)(F)F)cc2n1. The number of rotatable bonds is 2. The first-order chi connectivity index (χ1) is 10.8. The summed E-state index contributed by atoms with van der Waals surface area (Å²) in [6.45, 7) is 1.81. The van der Waals surface area contributed by atoms with E-state index in [1.165, 1.54) is 30.3 Å². The molecule has 0 aliphatic carbocycles. The van der Waals surface area contributed by atoms with Crippen LogP contribution in [0.15, 0.2) is 48.8 Å². The summed E-state index contributed by atoms with van der Waals surface area (Å²) >= 11 is 0. The Morgan fingerprint density at radius 3 is 2.70 bits per heavy atom. The molecule has 0 aliphatic heterocycles. The lowest BCUT2D eigenvalue weighted by Gasteiger charge is -2.13. The summed E-state index contributed by atoms with van der Waals surface area (Å²) in [5, 5.41) is 2.31. The minimum Gasteiger partial charge on any atom is -0.321 e. The number of nitrogens with one attached hydrogen (secondary N) is 1. The molecule has 0 atom stereocenters. The molecule has 2 heterocycles. The number of fused-ring (bicyclic) bond motifs is 1. The molecule has 3 aromatic rings. The Bertz CT molecular complexity index is 884. The van der Waals surface area contributed by atoms with Crippen LogP contribution in [0.1, 0.15) is 21.6 Å². The number of nitrogens with zero attached hydrogens (tertiary/aromatic N) is 2. The van der Waals surface area contributed by atoms with Crippen molar-refractivity contribution in [2.75, 3.05) is 5.32 Å². The molecule has 23 heavy (non-hydrogen) atoms. The second-order valence-corrected chi connectivity index (χ2v) is 5.06. The highest BCUT2D eigenvalue weighted by Gasteiger charge is 2.33. The van der Waals surface area contributed by atoms with Gasteiger partial charge in [-0.3, -0.25) is 4.79 Å². The average molecular weight is 319 g/mol. The quantitative estimate of drug-likeness (QED) is 0.778. The summed E-state index contributed by atoms with van der Waals surface area (Å²) in [5.74, 6) is -0.621. The summed E-state index contributed by atoms with van der Waals surface area (Å²) in [6.07, 6.45) is -1.11. The van der Waals surface area contributed by atoms with Crippen LogP contribution in [0.4, 0.5) is 18.9 Å². The predicted molar refractivity (Wildman–Crippen MR) is 79.3 cm³/mol. The lowest BCUT2D eigenvalue weighted by atomic mass is 10.1. The number of pyridine rings is 1. The normalized spacial score (nSPS) is 11.7. The Labute approximate surface area is 129 Å². The number of benzene rings is 1. The van der Waals surface area contributed by atoms with E-state index in [1.807, 2.05) is 6.92 Å². The van der Waals surface area contributed by atoms with Gasteiger partial charge in [0, 0.05) is 18.0 Å². The molecule has 0 saturated heterocycles. The van der Waals surface area contributed by atoms with E-state index >= 15 is 0 Å². The second-order valence-electron chi connectivity index (χ2n) is 5.06. The number of carbonyl (C=O) groups is 1. The molecule has 2 aromatic heterocycles. The average Bonchev–Trinajstić information content (AvgIpc) is 2.85. The van der Waals surface area contributed by atoms with Crippen LogP contribution in [0.2, 0.25) is 0 Å². The number of amides is 1. The molecule has 4 nitrogen and oxygen atoms in total. The molecule has 118 valence electrons. The summed E-state index contributed by atoms with van der Waals surface area (Å²) in [4.78, 5) is 16.5. The van der Waals surface area contributed by atoms with Crippen LogP contribution in [0.5, 0.6) is 0 Å². The number of alkyl halides is 3. The number of anilines is 1. The Hall–Kier alpha value is -2.83. The van der Waals surface area contributed by atoms with E-state index in [0.717, 1.165) is 11.8 Å². The van der Waals surface area contributed by atoms with Gasteiger partial charge in [0.2, 0.25) is 0 Å². The third-order valence-electron chi connectivity index (χ3n) is 3.32. The summed E-state index contributed by atoms with van der Waals surface area (Å²) in [5.41, 5.74) is 0.416. The van der Waals surface area contributed by atoms with Gasteiger partial charge >= 0.3 is 6.18 Å². The van der Waals surface area contributed by atoms with Crippen molar-refractivity contribution in [1.82, 2.24) is 9.38 Å². The van der Waals surface area contributed by atoms with Crippen LogP contribution in [-0.2, 0) is 6.18 Å². The van der Waals surface area contributed by atoms with E-state index in [4.69, 9.17) is 0 Å². The highest BCUT2D eigenvalue weighted by atomic mass is 19.4. The van der Waals surface area contributed by atoms with Crippen LogP contribution in [0.25, 0.3) is 5.65 Å². The Kier molecular flexibility index (Phi) is 3.55. The van der Waals surface area contributed by atoms with Gasteiger partial charge in [-0.05, 0) is 31.2 Å². The molecule has 3 rings (SSSR count). The van der Waals surface area contributed by atoms with Crippen LogP contribution in [0.3, 0.4) is 0 Å². The van der Waals surface area contributed by atoms with Gasteiger partial charge in [-0.1, -0.05) is 12.1 Å². The molecule has 0 unspecified atom stereocenters. The summed E-state index contributed by atoms with van der Waals surface area (Å²) < 4.78 is 40.6. The predicted octanol–water partition coefficient (Wildman–Crippen LogP) is 3.91. The summed E-state index contributed by atoms with van der Waals surface area (Å²) in [6, 6.07) is 7.91. The molecular formula is C16H12F3N3O. The van der Waals surface area contributed by atoms with Crippen LogP contribution in [-0.4, -0.2) is 15.3 Å². The lowest BCUT2D eigenvalue weighted by molar-refractivity contribution is -0.136. The monoisotopic (exact) mass is 319 g/mol. The zero-order chi connectivity index (χ0) is 16.6. The third kappa shape index (κ3) is 3.03. The number of aromatic nitrogens is 2. The molecule has 1 amide bonds. The smallest absolute Gasteiger partial charge is 0.321 e. The number of hydrogen-bond donors (Lipinski definition) is 1. The van der Waals surface area contributed by atoms with E-state index < -0.39 is 17.6 Å². The molecule has 0 radical (unpaired) electrons. The van der Waals surface area contributed by atoms with Gasteiger partial charge in [-0.2, -0.15) is 13.2 Å². The fraction of sp³-hybridized carbons (Fsp3) is 0.125. The number of aryl methyl sites for hydroxylation is 1. The molecule has 7 heteroatoms. The Morgan fingerprint density at radius 1 is 1.22 bits per heavy atom. The molecule has 1 aromatic carbocycles. The largest absolute Gasteiger partial charge is 0.418 e. The highest BCUT2D eigenvalue weighted by molar-refractivity contribution is 6.05. The van der Waals surface area contributed by atoms with Gasteiger partial charge in [0.05, 0.1) is 16.9 Å². The molecule has 0 bridgehead atoms. The maximum Gasteiger partial charge on any atom is 0.418 e. The second kappa shape index (κ2) is 5.42. The minimum absolute atomic E-state index is 0.236. The van der Waals surface area contributed by atoms with E-state index in [-0.39, 0.29) is 11.3 Å².